The highest BCUT2D eigenvalue weighted by molar-refractivity contribution is 9.10. The van der Waals surface area contributed by atoms with Gasteiger partial charge in [0.25, 0.3) is 0 Å². The van der Waals surface area contributed by atoms with Gasteiger partial charge in [0.2, 0.25) is 0 Å². The Morgan fingerprint density at radius 3 is 2.00 bits per heavy atom. The molecule has 0 spiro atoms. The van der Waals surface area contributed by atoms with Crippen molar-refractivity contribution < 1.29 is 0 Å². The van der Waals surface area contributed by atoms with E-state index in [0.29, 0.717) is 16.7 Å². The number of rotatable bonds is 4. The van der Waals surface area contributed by atoms with E-state index in [9.17, 15) is 0 Å². The highest BCUT2D eigenvalue weighted by Gasteiger charge is 2.18. The molecule has 0 N–H and O–H groups in total. The molecule has 1 aromatic rings. The molecule has 0 aliphatic rings. The van der Waals surface area contributed by atoms with E-state index in [4.69, 9.17) is 0 Å². The molecule has 0 aromatic heterocycles. The van der Waals surface area contributed by atoms with Gasteiger partial charge in [0.1, 0.15) is 0 Å². The summed E-state index contributed by atoms with van der Waals surface area (Å²) in [7, 11) is 0. The molecule has 0 amide bonds. The molecule has 0 radical (unpaired) electrons. The lowest BCUT2D eigenvalue weighted by molar-refractivity contribution is 0.384. The smallest absolute Gasteiger partial charge is 0.0175 e. The second kappa shape index (κ2) is 6.05. The van der Waals surface area contributed by atoms with Crippen molar-refractivity contribution in [1.82, 2.24) is 0 Å². The molecular weight excluding hydrogens is 316 g/mol. The van der Waals surface area contributed by atoms with E-state index in [-0.39, 0.29) is 0 Å². The van der Waals surface area contributed by atoms with Gasteiger partial charge in [-0.25, -0.2) is 0 Å². The fraction of sp³-hybridized carbons (Fsp3) is 0.538. The first-order valence-corrected chi connectivity index (χ1v) is 7.10. The van der Waals surface area contributed by atoms with Crippen molar-refractivity contribution in [1.29, 1.82) is 0 Å². The summed E-state index contributed by atoms with van der Waals surface area (Å²) in [6, 6.07) is 8.64. The van der Waals surface area contributed by atoms with Crippen molar-refractivity contribution in [3.05, 3.63) is 34.3 Å². The van der Waals surface area contributed by atoms with Gasteiger partial charge in [-0.15, -0.1) is 0 Å². The summed E-state index contributed by atoms with van der Waals surface area (Å²) in [5.41, 5.74) is 1.42. The Bertz CT molecular complexity index is 280. The molecule has 0 aliphatic heterocycles. The summed E-state index contributed by atoms with van der Waals surface area (Å²) >= 11 is 7.16. The van der Waals surface area contributed by atoms with Crippen LogP contribution in [0.2, 0.25) is 0 Å². The van der Waals surface area contributed by atoms with E-state index >= 15 is 0 Å². The second-order valence-corrected chi connectivity index (χ2v) is 6.78. The quantitative estimate of drug-likeness (QED) is 0.676. The van der Waals surface area contributed by atoms with Crippen LogP contribution < -0.4 is 0 Å². The zero-order valence-corrected chi connectivity index (χ0v) is 12.7. The molecule has 0 nitrogen and oxygen atoms in total. The molecule has 1 rings (SSSR count). The molecular formula is C13H18Br2. The minimum atomic E-state index is 0.571. The summed E-state index contributed by atoms with van der Waals surface area (Å²) < 4.78 is 1.15. The SMILES string of the molecule is CC(C)C(Cc1ccc(Br)cc1)C(C)Br. The Labute approximate surface area is 110 Å². The van der Waals surface area contributed by atoms with Gasteiger partial charge >= 0.3 is 0 Å². The molecule has 2 unspecified atom stereocenters. The zero-order chi connectivity index (χ0) is 11.4. The molecule has 15 heavy (non-hydrogen) atoms. The summed E-state index contributed by atoms with van der Waals surface area (Å²) in [6.07, 6.45) is 1.15. The number of hydrogen-bond donors (Lipinski definition) is 0. The van der Waals surface area contributed by atoms with Crippen LogP contribution in [0.4, 0.5) is 0 Å². The van der Waals surface area contributed by atoms with Crippen LogP contribution in [0.3, 0.4) is 0 Å². The fourth-order valence-corrected chi connectivity index (χ4v) is 2.88. The Morgan fingerprint density at radius 1 is 1.07 bits per heavy atom. The molecule has 0 saturated heterocycles. The van der Waals surface area contributed by atoms with E-state index in [1.165, 1.54) is 5.56 Å². The summed E-state index contributed by atoms with van der Waals surface area (Å²) in [6.45, 7) is 6.83. The van der Waals surface area contributed by atoms with Crippen LogP contribution in [-0.2, 0) is 6.42 Å². The van der Waals surface area contributed by atoms with Crippen molar-refractivity contribution in [2.24, 2.45) is 11.8 Å². The zero-order valence-electron chi connectivity index (χ0n) is 9.50. The second-order valence-electron chi connectivity index (χ2n) is 4.42. The monoisotopic (exact) mass is 332 g/mol. The van der Waals surface area contributed by atoms with Crippen LogP contribution in [0.1, 0.15) is 26.3 Å². The first kappa shape index (κ1) is 13.2. The van der Waals surface area contributed by atoms with Crippen molar-refractivity contribution >= 4 is 31.9 Å². The molecule has 2 atom stereocenters. The highest BCUT2D eigenvalue weighted by atomic mass is 79.9. The van der Waals surface area contributed by atoms with Crippen LogP contribution in [0, 0.1) is 11.8 Å². The van der Waals surface area contributed by atoms with Crippen LogP contribution in [0.25, 0.3) is 0 Å². The minimum absolute atomic E-state index is 0.571. The van der Waals surface area contributed by atoms with Gasteiger partial charge in [-0.1, -0.05) is 64.8 Å². The molecule has 84 valence electrons. The first-order chi connectivity index (χ1) is 7.00. The Morgan fingerprint density at radius 2 is 1.60 bits per heavy atom. The molecule has 0 aliphatic carbocycles. The molecule has 0 saturated carbocycles. The summed E-state index contributed by atoms with van der Waals surface area (Å²) in [5, 5.41) is 0. The maximum Gasteiger partial charge on any atom is 0.0175 e. The third-order valence-electron chi connectivity index (χ3n) is 2.83. The number of hydrogen-bond acceptors (Lipinski definition) is 0. The Balaban J connectivity index is 2.70. The van der Waals surface area contributed by atoms with Crippen LogP contribution >= 0.6 is 31.9 Å². The lowest BCUT2D eigenvalue weighted by Crippen LogP contribution is -2.20. The van der Waals surface area contributed by atoms with Gasteiger partial charge in [-0.05, 0) is 36.0 Å². The van der Waals surface area contributed by atoms with Crippen molar-refractivity contribution in [2.75, 3.05) is 0 Å². The average Bonchev–Trinajstić information content (AvgIpc) is 2.15. The predicted octanol–water partition coefficient (Wildman–Crippen LogP) is 5.05. The molecule has 0 fully saturated rings. The maximum atomic E-state index is 3.70. The van der Waals surface area contributed by atoms with E-state index in [1.54, 1.807) is 0 Å². The van der Waals surface area contributed by atoms with Crippen LogP contribution in [0.15, 0.2) is 28.7 Å². The van der Waals surface area contributed by atoms with Crippen molar-refractivity contribution in [2.45, 2.75) is 32.0 Å². The van der Waals surface area contributed by atoms with Gasteiger partial charge in [-0.2, -0.15) is 0 Å². The predicted molar refractivity (Wildman–Crippen MR) is 74.6 cm³/mol. The lowest BCUT2D eigenvalue weighted by atomic mass is 9.87. The summed E-state index contributed by atoms with van der Waals surface area (Å²) in [4.78, 5) is 0.571. The largest absolute Gasteiger partial charge is 0.0890 e. The summed E-state index contributed by atoms with van der Waals surface area (Å²) in [5.74, 6) is 1.41. The fourth-order valence-electron chi connectivity index (χ4n) is 1.82. The van der Waals surface area contributed by atoms with Gasteiger partial charge in [0.05, 0.1) is 0 Å². The Hall–Kier alpha value is 0.180. The van der Waals surface area contributed by atoms with Gasteiger partial charge in [-0.3, -0.25) is 0 Å². The maximum absolute atomic E-state index is 3.70. The van der Waals surface area contributed by atoms with Gasteiger partial charge < -0.3 is 0 Å². The molecule has 2 heteroatoms. The van der Waals surface area contributed by atoms with Crippen LogP contribution in [-0.4, -0.2) is 4.83 Å². The third kappa shape index (κ3) is 4.28. The number of alkyl halides is 1. The number of halogens is 2. The van der Waals surface area contributed by atoms with E-state index in [1.807, 2.05) is 0 Å². The van der Waals surface area contributed by atoms with Crippen molar-refractivity contribution in [3.8, 4) is 0 Å². The van der Waals surface area contributed by atoms with E-state index < -0.39 is 0 Å². The molecule has 0 bridgehead atoms. The normalized spacial score (nSPS) is 15.3. The van der Waals surface area contributed by atoms with Crippen LogP contribution in [0.5, 0.6) is 0 Å². The minimum Gasteiger partial charge on any atom is -0.0890 e. The standard InChI is InChI=1S/C13H18Br2/c1-9(2)13(10(3)14)8-11-4-6-12(15)7-5-11/h4-7,9-10,13H,8H2,1-3H3. The molecule has 0 heterocycles. The topological polar surface area (TPSA) is 0 Å². The van der Waals surface area contributed by atoms with E-state index in [0.717, 1.165) is 10.9 Å². The average molecular weight is 334 g/mol. The first-order valence-electron chi connectivity index (χ1n) is 5.39. The van der Waals surface area contributed by atoms with Crippen molar-refractivity contribution in [3.63, 3.8) is 0 Å². The van der Waals surface area contributed by atoms with Gasteiger partial charge in [0.15, 0.2) is 0 Å². The van der Waals surface area contributed by atoms with Gasteiger partial charge in [0, 0.05) is 9.30 Å². The van der Waals surface area contributed by atoms with E-state index in [2.05, 4.69) is 76.9 Å². The lowest BCUT2D eigenvalue weighted by Gasteiger charge is -2.23. The molecule has 1 aromatic carbocycles. The highest BCUT2D eigenvalue weighted by Crippen LogP contribution is 2.25. The number of benzene rings is 1. The third-order valence-corrected chi connectivity index (χ3v) is 4.04. The Kier molecular flexibility index (Phi) is 5.34.